The highest BCUT2D eigenvalue weighted by molar-refractivity contribution is 9.10. The number of nitrogens with one attached hydrogen (secondary N) is 1. The highest BCUT2D eigenvalue weighted by atomic mass is 79.9. The summed E-state index contributed by atoms with van der Waals surface area (Å²) in [5.41, 5.74) is 3.73. The molecule has 0 unspecified atom stereocenters. The third kappa shape index (κ3) is 5.43. The second-order valence-corrected chi connectivity index (χ2v) is 9.79. The molecule has 2 atom stereocenters. The Morgan fingerprint density at radius 2 is 1.76 bits per heavy atom. The molecule has 1 N–H and O–H groups in total. The number of allylic oxidation sites excluding steroid dienone is 3. The topological polar surface area (TPSA) is 83.1 Å². The summed E-state index contributed by atoms with van der Waals surface area (Å²) >= 11 is 3.24. The first-order chi connectivity index (χ1) is 17.8. The first-order valence-corrected chi connectivity index (χ1v) is 12.6. The quantitative estimate of drug-likeness (QED) is 0.345. The fraction of sp³-hybridized carbons (Fsp3) is 0.357. The number of methoxy groups -OCH3 is 3. The van der Waals surface area contributed by atoms with Crippen molar-refractivity contribution in [2.24, 2.45) is 0 Å². The molecular weight excluding hydrogens is 545 g/mol. The Morgan fingerprint density at radius 1 is 1.03 bits per heavy atom. The Hall–Kier alpha value is -3.17. The summed E-state index contributed by atoms with van der Waals surface area (Å²) in [6.07, 6.45) is 0.804. The minimum Gasteiger partial charge on any atom is -0.493 e. The maximum absolute atomic E-state index is 14.1. The Balaban J connectivity index is 1.75. The van der Waals surface area contributed by atoms with Crippen LogP contribution >= 0.6 is 15.9 Å². The number of carbonyl (C=O) groups is 2. The number of hydrogen-bond acceptors (Lipinski definition) is 7. The van der Waals surface area contributed by atoms with Crippen LogP contribution in [-0.2, 0) is 19.1 Å². The fourth-order valence-corrected chi connectivity index (χ4v) is 5.37. The average molecular weight is 574 g/mol. The summed E-state index contributed by atoms with van der Waals surface area (Å²) in [4.78, 5) is 26.9. The average Bonchev–Trinajstić information content (AvgIpc) is 2.88. The lowest BCUT2D eigenvalue weighted by Gasteiger charge is -2.37. The van der Waals surface area contributed by atoms with Crippen LogP contribution in [0.5, 0.6) is 11.5 Å². The molecule has 0 spiro atoms. The van der Waals surface area contributed by atoms with Crippen LogP contribution in [0.25, 0.3) is 0 Å². The molecule has 9 heteroatoms. The van der Waals surface area contributed by atoms with E-state index in [1.807, 2.05) is 18.2 Å². The van der Waals surface area contributed by atoms with Gasteiger partial charge in [-0.25, -0.2) is 9.18 Å². The van der Waals surface area contributed by atoms with Crippen molar-refractivity contribution in [2.45, 2.75) is 31.6 Å². The molecule has 0 saturated heterocycles. The van der Waals surface area contributed by atoms with Crippen molar-refractivity contribution in [3.05, 3.63) is 80.4 Å². The van der Waals surface area contributed by atoms with E-state index in [0.717, 1.165) is 11.3 Å². The highest BCUT2D eigenvalue weighted by Gasteiger charge is 2.41. The summed E-state index contributed by atoms with van der Waals surface area (Å²) in [6, 6.07) is 10.2. The second kappa shape index (κ2) is 11.5. The van der Waals surface area contributed by atoms with Crippen LogP contribution in [0.2, 0.25) is 0 Å². The van der Waals surface area contributed by atoms with Crippen LogP contribution in [0.3, 0.4) is 0 Å². The summed E-state index contributed by atoms with van der Waals surface area (Å²) in [5.74, 6) is -0.650. The van der Waals surface area contributed by atoms with Gasteiger partial charge in [-0.2, -0.15) is 0 Å². The van der Waals surface area contributed by atoms with Crippen LogP contribution in [0, 0.1) is 5.82 Å². The molecule has 0 amide bonds. The Labute approximate surface area is 223 Å². The highest BCUT2D eigenvalue weighted by Crippen LogP contribution is 2.47. The molecule has 196 valence electrons. The molecular formula is C28H29BrFNO6. The fourth-order valence-electron chi connectivity index (χ4n) is 4.97. The number of halogens is 2. The summed E-state index contributed by atoms with van der Waals surface area (Å²) < 4.78 is 35.6. The number of rotatable bonds is 8. The monoisotopic (exact) mass is 573 g/mol. The number of dihydropyridines is 1. The molecule has 4 rings (SSSR count). The van der Waals surface area contributed by atoms with E-state index in [0.29, 0.717) is 40.3 Å². The first-order valence-electron chi connectivity index (χ1n) is 11.9. The molecule has 2 aromatic rings. The van der Waals surface area contributed by atoms with Gasteiger partial charge in [0.25, 0.3) is 0 Å². The normalized spacial score (nSPS) is 19.4. The van der Waals surface area contributed by atoms with Crippen LogP contribution in [-0.4, -0.2) is 46.3 Å². The van der Waals surface area contributed by atoms with Crippen LogP contribution in [0.1, 0.15) is 42.7 Å². The largest absolute Gasteiger partial charge is 0.493 e. The predicted molar refractivity (Wildman–Crippen MR) is 139 cm³/mol. The van der Waals surface area contributed by atoms with Gasteiger partial charge >= 0.3 is 5.97 Å². The van der Waals surface area contributed by atoms with Crippen LogP contribution in [0.4, 0.5) is 4.39 Å². The van der Waals surface area contributed by atoms with E-state index in [1.54, 1.807) is 33.3 Å². The van der Waals surface area contributed by atoms with Crippen molar-refractivity contribution in [2.75, 3.05) is 34.5 Å². The second-order valence-electron chi connectivity index (χ2n) is 8.93. The van der Waals surface area contributed by atoms with Gasteiger partial charge < -0.3 is 24.3 Å². The molecule has 0 saturated carbocycles. The standard InChI is InChI=1S/C28H29BrFNO6/c1-15-25(28(33)37-10-9-34-2)26(17-5-7-20(30)19(29)11-17)27-21(31-15)12-18(13-22(27)32)16-6-8-23(35-3)24(14-16)36-4/h5-8,11,14,18,26,31H,9-10,12-13H2,1-4H3/t18-,26+/m1/s1. The Morgan fingerprint density at radius 3 is 2.43 bits per heavy atom. The zero-order valence-corrected chi connectivity index (χ0v) is 22.7. The van der Waals surface area contributed by atoms with E-state index in [2.05, 4.69) is 21.2 Å². The molecule has 0 radical (unpaired) electrons. The molecule has 2 aliphatic rings. The van der Waals surface area contributed by atoms with Gasteiger partial charge in [-0.15, -0.1) is 0 Å². The van der Waals surface area contributed by atoms with Crippen molar-refractivity contribution in [3.63, 3.8) is 0 Å². The van der Waals surface area contributed by atoms with Gasteiger partial charge in [-0.05, 0) is 70.6 Å². The number of ketones is 1. The first kappa shape index (κ1) is 26.9. The molecule has 1 heterocycles. The summed E-state index contributed by atoms with van der Waals surface area (Å²) in [5, 5.41) is 3.31. The molecule has 1 aliphatic carbocycles. The number of Topliss-reactive ketones (excluding diaryl/α,β-unsaturated/α-hetero) is 1. The van der Waals surface area contributed by atoms with Crippen molar-refractivity contribution in [1.82, 2.24) is 5.32 Å². The van der Waals surface area contributed by atoms with Gasteiger partial charge in [0.2, 0.25) is 0 Å². The number of benzene rings is 2. The van der Waals surface area contributed by atoms with Gasteiger partial charge in [-0.3, -0.25) is 4.79 Å². The van der Waals surface area contributed by atoms with Gasteiger partial charge in [-0.1, -0.05) is 12.1 Å². The smallest absolute Gasteiger partial charge is 0.336 e. The van der Waals surface area contributed by atoms with Crippen molar-refractivity contribution in [1.29, 1.82) is 0 Å². The lowest BCUT2D eigenvalue weighted by molar-refractivity contribution is -0.140. The van der Waals surface area contributed by atoms with E-state index in [1.165, 1.54) is 13.2 Å². The maximum Gasteiger partial charge on any atom is 0.336 e. The third-order valence-corrected chi connectivity index (χ3v) is 7.33. The lowest BCUT2D eigenvalue weighted by atomic mass is 9.71. The molecule has 0 aromatic heterocycles. The number of hydrogen-bond donors (Lipinski definition) is 1. The van der Waals surface area contributed by atoms with E-state index in [9.17, 15) is 14.0 Å². The maximum atomic E-state index is 14.1. The molecule has 7 nitrogen and oxygen atoms in total. The number of carbonyl (C=O) groups excluding carboxylic acids is 2. The van der Waals surface area contributed by atoms with E-state index in [4.69, 9.17) is 18.9 Å². The number of esters is 1. The predicted octanol–water partition coefficient (Wildman–Crippen LogP) is 5.16. The lowest BCUT2D eigenvalue weighted by Crippen LogP contribution is -2.36. The van der Waals surface area contributed by atoms with E-state index < -0.39 is 17.7 Å². The molecule has 0 fully saturated rings. The molecule has 37 heavy (non-hydrogen) atoms. The van der Waals surface area contributed by atoms with Gasteiger partial charge in [0.15, 0.2) is 17.3 Å². The van der Waals surface area contributed by atoms with Crippen LogP contribution < -0.4 is 14.8 Å². The van der Waals surface area contributed by atoms with Gasteiger partial charge in [0, 0.05) is 36.4 Å². The van der Waals surface area contributed by atoms with E-state index >= 15 is 0 Å². The third-order valence-electron chi connectivity index (χ3n) is 6.72. The molecule has 1 aliphatic heterocycles. The zero-order chi connectivity index (χ0) is 26.7. The summed E-state index contributed by atoms with van der Waals surface area (Å²) in [7, 11) is 4.67. The van der Waals surface area contributed by atoms with E-state index in [-0.39, 0.29) is 35.8 Å². The van der Waals surface area contributed by atoms with Crippen molar-refractivity contribution >= 4 is 27.7 Å². The minimum atomic E-state index is -0.693. The molecule has 0 bridgehead atoms. The number of ether oxygens (including phenoxy) is 4. The van der Waals surface area contributed by atoms with Gasteiger partial charge in [0.1, 0.15) is 12.4 Å². The Bertz CT molecular complexity index is 1290. The SMILES string of the molecule is COCCOC(=O)C1=C(C)NC2=C(C(=O)C[C@H](c3ccc(OC)c(OC)c3)C2)[C@H]1c1ccc(F)c(Br)c1. The van der Waals surface area contributed by atoms with Gasteiger partial charge in [0.05, 0.1) is 30.9 Å². The molecule has 2 aromatic carbocycles. The summed E-state index contributed by atoms with van der Waals surface area (Å²) in [6.45, 7) is 2.11. The van der Waals surface area contributed by atoms with Crippen molar-refractivity contribution in [3.8, 4) is 11.5 Å². The minimum absolute atomic E-state index is 0.0766. The zero-order valence-electron chi connectivity index (χ0n) is 21.2. The van der Waals surface area contributed by atoms with Crippen molar-refractivity contribution < 1.29 is 32.9 Å². The Kier molecular flexibility index (Phi) is 8.34. The van der Waals surface area contributed by atoms with Crippen LogP contribution in [0.15, 0.2) is 63.4 Å².